The number of amides is 1. The SMILES string of the molecule is COCCC(=O)N1CCCC(CCc2ccccc2)C1. The molecule has 1 saturated heterocycles. The first-order valence-electron chi connectivity index (χ1n) is 7.60. The van der Waals surface area contributed by atoms with Crippen LogP contribution in [0.2, 0.25) is 0 Å². The van der Waals surface area contributed by atoms with Crippen LogP contribution in [0.15, 0.2) is 30.3 Å². The molecule has 1 amide bonds. The van der Waals surface area contributed by atoms with Gasteiger partial charge in [-0.15, -0.1) is 0 Å². The van der Waals surface area contributed by atoms with Crippen molar-refractivity contribution in [1.29, 1.82) is 0 Å². The molecular formula is C17H25NO2. The van der Waals surface area contributed by atoms with Gasteiger partial charge in [0.1, 0.15) is 0 Å². The summed E-state index contributed by atoms with van der Waals surface area (Å²) in [6.07, 6.45) is 5.20. The predicted molar refractivity (Wildman–Crippen MR) is 80.6 cm³/mol. The largest absolute Gasteiger partial charge is 0.384 e. The summed E-state index contributed by atoms with van der Waals surface area (Å²) in [4.78, 5) is 14.0. The summed E-state index contributed by atoms with van der Waals surface area (Å²) in [5.74, 6) is 0.895. The molecule has 0 N–H and O–H groups in total. The Labute approximate surface area is 121 Å². The number of methoxy groups -OCH3 is 1. The number of piperidine rings is 1. The Morgan fingerprint density at radius 3 is 2.90 bits per heavy atom. The van der Waals surface area contributed by atoms with Gasteiger partial charge >= 0.3 is 0 Å². The van der Waals surface area contributed by atoms with E-state index < -0.39 is 0 Å². The molecule has 1 atom stereocenters. The lowest BCUT2D eigenvalue weighted by Gasteiger charge is -2.33. The Kier molecular flexibility index (Phi) is 6.06. The van der Waals surface area contributed by atoms with Gasteiger partial charge in [-0.25, -0.2) is 0 Å². The van der Waals surface area contributed by atoms with Crippen LogP contribution in [0.25, 0.3) is 0 Å². The van der Waals surface area contributed by atoms with E-state index in [-0.39, 0.29) is 5.91 Å². The van der Waals surface area contributed by atoms with Crippen LogP contribution >= 0.6 is 0 Å². The van der Waals surface area contributed by atoms with Gasteiger partial charge in [-0.05, 0) is 37.2 Å². The smallest absolute Gasteiger partial charge is 0.224 e. The number of aryl methyl sites for hydroxylation is 1. The van der Waals surface area contributed by atoms with Crippen molar-refractivity contribution in [3.63, 3.8) is 0 Å². The average molecular weight is 275 g/mol. The van der Waals surface area contributed by atoms with E-state index in [9.17, 15) is 4.79 Å². The van der Waals surface area contributed by atoms with Crippen molar-refractivity contribution in [3.8, 4) is 0 Å². The van der Waals surface area contributed by atoms with E-state index >= 15 is 0 Å². The maximum absolute atomic E-state index is 12.0. The zero-order chi connectivity index (χ0) is 14.2. The van der Waals surface area contributed by atoms with Gasteiger partial charge in [-0.3, -0.25) is 4.79 Å². The van der Waals surface area contributed by atoms with Gasteiger partial charge in [-0.1, -0.05) is 30.3 Å². The highest BCUT2D eigenvalue weighted by Crippen LogP contribution is 2.22. The first kappa shape index (κ1) is 15.0. The lowest BCUT2D eigenvalue weighted by Crippen LogP contribution is -2.40. The van der Waals surface area contributed by atoms with Crippen molar-refractivity contribution in [2.24, 2.45) is 5.92 Å². The van der Waals surface area contributed by atoms with E-state index in [4.69, 9.17) is 4.74 Å². The number of ether oxygens (including phenoxy) is 1. The second kappa shape index (κ2) is 8.05. The maximum Gasteiger partial charge on any atom is 0.224 e. The van der Waals surface area contributed by atoms with E-state index in [0.29, 0.717) is 18.9 Å². The number of likely N-dealkylation sites (tertiary alicyclic amines) is 1. The first-order chi connectivity index (χ1) is 9.79. The van der Waals surface area contributed by atoms with Crippen molar-refractivity contribution in [1.82, 2.24) is 4.90 Å². The van der Waals surface area contributed by atoms with Crippen LogP contribution in [-0.4, -0.2) is 37.6 Å². The van der Waals surface area contributed by atoms with Crippen molar-refractivity contribution in [2.45, 2.75) is 32.1 Å². The molecule has 0 spiro atoms. The molecular weight excluding hydrogens is 250 g/mol. The molecule has 0 radical (unpaired) electrons. The molecule has 1 aliphatic heterocycles. The van der Waals surface area contributed by atoms with Crippen LogP contribution in [0.3, 0.4) is 0 Å². The minimum absolute atomic E-state index is 0.247. The summed E-state index contributed by atoms with van der Waals surface area (Å²) >= 11 is 0. The van der Waals surface area contributed by atoms with Gasteiger partial charge in [0.05, 0.1) is 13.0 Å². The minimum atomic E-state index is 0.247. The fourth-order valence-electron chi connectivity index (χ4n) is 2.89. The van der Waals surface area contributed by atoms with Crippen molar-refractivity contribution >= 4 is 5.91 Å². The Morgan fingerprint density at radius 1 is 1.35 bits per heavy atom. The third-order valence-corrected chi connectivity index (χ3v) is 4.08. The molecule has 0 bridgehead atoms. The van der Waals surface area contributed by atoms with Gasteiger partial charge in [-0.2, -0.15) is 0 Å². The zero-order valence-electron chi connectivity index (χ0n) is 12.4. The summed E-state index contributed by atoms with van der Waals surface area (Å²) in [5.41, 5.74) is 1.40. The summed E-state index contributed by atoms with van der Waals surface area (Å²) in [6, 6.07) is 10.6. The number of hydrogen-bond donors (Lipinski definition) is 0. The number of hydrogen-bond acceptors (Lipinski definition) is 2. The monoisotopic (exact) mass is 275 g/mol. The van der Waals surface area contributed by atoms with Gasteiger partial charge in [0.2, 0.25) is 5.91 Å². The van der Waals surface area contributed by atoms with Gasteiger partial charge in [0.15, 0.2) is 0 Å². The Morgan fingerprint density at radius 2 is 2.15 bits per heavy atom. The highest BCUT2D eigenvalue weighted by molar-refractivity contribution is 5.76. The van der Waals surface area contributed by atoms with E-state index in [2.05, 4.69) is 30.3 Å². The molecule has 1 aliphatic rings. The molecule has 1 aromatic rings. The fraction of sp³-hybridized carbons (Fsp3) is 0.588. The first-order valence-corrected chi connectivity index (χ1v) is 7.60. The zero-order valence-corrected chi connectivity index (χ0v) is 12.4. The summed E-state index contributed by atoms with van der Waals surface area (Å²) in [5, 5.41) is 0. The molecule has 1 heterocycles. The Bertz CT molecular complexity index is 405. The Balaban J connectivity index is 1.77. The second-order valence-electron chi connectivity index (χ2n) is 5.62. The van der Waals surface area contributed by atoms with Gasteiger partial charge < -0.3 is 9.64 Å². The minimum Gasteiger partial charge on any atom is -0.384 e. The molecule has 1 aromatic carbocycles. The number of nitrogens with zero attached hydrogens (tertiary/aromatic N) is 1. The quantitative estimate of drug-likeness (QED) is 0.799. The van der Waals surface area contributed by atoms with E-state index in [0.717, 1.165) is 25.9 Å². The third-order valence-electron chi connectivity index (χ3n) is 4.08. The van der Waals surface area contributed by atoms with Crippen molar-refractivity contribution in [3.05, 3.63) is 35.9 Å². The number of carbonyl (C=O) groups is 1. The molecule has 0 aliphatic carbocycles. The molecule has 0 saturated carbocycles. The maximum atomic E-state index is 12.0. The molecule has 20 heavy (non-hydrogen) atoms. The van der Waals surface area contributed by atoms with Gasteiger partial charge in [0, 0.05) is 20.2 Å². The lowest BCUT2D eigenvalue weighted by atomic mass is 9.91. The van der Waals surface area contributed by atoms with Gasteiger partial charge in [0.25, 0.3) is 0 Å². The van der Waals surface area contributed by atoms with Crippen LogP contribution in [0.5, 0.6) is 0 Å². The molecule has 1 fully saturated rings. The normalized spacial score (nSPS) is 19.1. The van der Waals surface area contributed by atoms with Crippen LogP contribution in [0, 0.1) is 5.92 Å². The number of rotatable bonds is 6. The Hall–Kier alpha value is -1.35. The number of carbonyl (C=O) groups excluding carboxylic acids is 1. The molecule has 110 valence electrons. The predicted octanol–water partition coefficient (Wildman–Crippen LogP) is 2.89. The molecule has 3 nitrogen and oxygen atoms in total. The third kappa shape index (κ3) is 4.64. The average Bonchev–Trinajstić information content (AvgIpc) is 2.52. The standard InChI is InChI=1S/C17H25NO2/c1-20-13-11-17(19)18-12-5-8-16(14-18)10-9-15-6-3-2-4-7-15/h2-4,6-7,16H,5,8-14H2,1H3. The fourth-order valence-corrected chi connectivity index (χ4v) is 2.89. The van der Waals surface area contributed by atoms with Crippen LogP contribution < -0.4 is 0 Å². The summed E-state index contributed by atoms with van der Waals surface area (Å²) < 4.78 is 4.99. The topological polar surface area (TPSA) is 29.5 Å². The van der Waals surface area contributed by atoms with E-state index in [1.807, 2.05) is 4.90 Å². The lowest BCUT2D eigenvalue weighted by molar-refractivity contribution is -0.134. The summed E-state index contributed by atoms with van der Waals surface area (Å²) in [7, 11) is 1.64. The van der Waals surface area contributed by atoms with Crippen molar-refractivity contribution < 1.29 is 9.53 Å². The molecule has 0 aromatic heterocycles. The summed E-state index contributed by atoms with van der Waals surface area (Å²) in [6.45, 7) is 2.38. The van der Waals surface area contributed by atoms with Crippen molar-refractivity contribution in [2.75, 3.05) is 26.8 Å². The molecule has 1 unspecified atom stereocenters. The highest BCUT2D eigenvalue weighted by Gasteiger charge is 2.22. The molecule has 2 rings (SSSR count). The number of benzene rings is 1. The molecule has 3 heteroatoms. The van der Waals surface area contributed by atoms with Crippen LogP contribution in [-0.2, 0) is 16.0 Å². The van der Waals surface area contributed by atoms with E-state index in [1.165, 1.54) is 18.4 Å². The van der Waals surface area contributed by atoms with E-state index in [1.54, 1.807) is 7.11 Å². The highest BCUT2D eigenvalue weighted by atomic mass is 16.5. The van der Waals surface area contributed by atoms with Crippen LogP contribution in [0.1, 0.15) is 31.2 Å². The van der Waals surface area contributed by atoms with Crippen LogP contribution in [0.4, 0.5) is 0 Å². The second-order valence-corrected chi connectivity index (χ2v) is 5.62.